The first-order valence-electron chi connectivity index (χ1n) is 11.9. The summed E-state index contributed by atoms with van der Waals surface area (Å²) in [5.41, 5.74) is 5.49. The van der Waals surface area contributed by atoms with E-state index in [1.54, 1.807) is 55.2 Å². The summed E-state index contributed by atoms with van der Waals surface area (Å²) in [6, 6.07) is 9.58. The number of nitrogens with two attached hydrogens (primary N) is 1. The number of rotatable bonds is 7. The minimum Gasteiger partial charge on any atom is -0.396 e. The number of benzene rings is 1. The summed E-state index contributed by atoms with van der Waals surface area (Å²) in [5, 5.41) is 22.1. The van der Waals surface area contributed by atoms with Crippen molar-refractivity contribution in [2.45, 2.75) is 37.7 Å². The Morgan fingerprint density at radius 1 is 1.25 bits per heavy atom. The monoisotopic (exact) mass is 514 g/mol. The molecule has 0 radical (unpaired) electrons. The molecule has 3 heterocycles. The molecule has 1 aromatic heterocycles. The van der Waals surface area contributed by atoms with Crippen molar-refractivity contribution in [2.24, 2.45) is 17.6 Å². The van der Waals surface area contributed by atoms with E-state index in [1.165, 1.54) is 17.8 Å². The molecular weight excluding hydrogens is 483 g/mol. The molecule has 8 nitrogen and oxygen atoms in total. The predicted octanol–water partition coefficient (Wildman–Crippen LogP) is 2.92. The molecule has 0 aliphatic carbocycles. The molecule has 0 spiro atoms. The Morgan fingerprint density at radius 2 is 1.97 bits per heavy atom. The zero-order valence-corrected chi connectivity index (χ0v) is 21.1. The van der Waals surface area contributed by atoms with E-state index in [2.05, 4.69) is 10.3 Å². The molecule has 2 aromatic rings. The Labute approximate surface area is 213 Å². The zero-order chi connectivity index (χ0) is 26.0. The number of hydrogen-bond donors (Lipinski definition) is 4. The van der Waals surface area contributed by atoms with Crippen LogP contribution in [0.15, 0.2) is 42.5 Å². The highest BCUT2D eigenvalue weighted by Crippen LogP contribution is 2.43. The van der Waals surface area contributed by atoms with Gasteiger partial charge in [-0.1, -0.05) is 36.0 Å². The molecule has 1 aromatic carbocycles. The number of nitrogens with zero attached hydrogens (tertiary/aromatic N) is 2. The van der Waals surface area contributed by atoms with Gasteiger partial charge in [0.15, 0.2) is 0 Å². The molecule has 2 unspecified atom stereocenters. The smallest absolute Gasteiger partial charge is 0.272 e. The summed E-state index contributed by atoms with van der Waals surface area (Å²) in [4.78, 5) is 31.9. The van der Waals surface area contributed by atoms with Crippen LogP contribution in [0.4, 0.5) is 10.2 Å². The SMILES string of the molecule is CC(C)(O)c1ccc(C2=CC(C(N)=O)C(Nc3cccc(C(=O)N4CCC(CO)CC4)n3)S2)c(F)c1. The fourth-order valence-corrected chi connectivity index (χ4v) is 5.69. The van der Waals surface area contributed by atoms with Gasteiger partial charge in [0, 0.05) is 30.2 Å². The fraction of sp³-hybridized carbons (Fsp3) is 0.423. The van der Waals surface area contributed by atoms with Crippen LogP contribution in [0.5, 0.6) is 0 Å². The molecule has 192 valence electrons. The van der Waals surface area contributed by atoms with E-state index in [4.69, 9.17) is 5.73 Å². The Kier molecular flexibility index (Phi) is 7.67. The first-order valence-corrected chi connectivity index (χ1v) is 12.8. The summed E-state index contributed by atoms with van der Waals surface area (Å²) < 4.78 is 14.9. The molecule has 4 rings (SSSR count). The van der Waals surface area contributed by atoms with Crippen molar-refractivity contribution < 1.29 is 24.2 Å². The van der Waals surface area contributed by atoms with Gasteiger partial charge in [0.1, 0.15) is 17.3 Å². The molecule has 2 aliphatic rings. The van der Waals surface area contributed by atoms with E-state index in [0.29, 0.717) is 34.9 Å². The number of nitrogens with one attached hydrogen (secondary N) is 1. The molecule has 2 amide bonds. The van der Waals surface area contributed by atoms with Crippen molar-refractivity contribution in [3.8, 4) is 0 Å². The van der Waals surface area contributed by atoms with E-state index in [9.17, 15) is 24.2 Å². The number of primary amides is 1. The Bertz CT molecular complexity index is 1170. The number of pyridine rings is 1. The summed E-state index contributed by atoms with van der Waals surface area (Å²) in [6.07, 6.45) is 3.13. The van der Waals surface area contributed by atoms with Crippen molar-refractivity contribution in [3.05, 3.63) is 65.1 Å². The average molecular weight is 515 g/mol. The molecular formula is C26H31FN4O4S. The van der Waals surface area contributed by atoms with Crippen LogP contribution in [0.1, 0.15) is 48.3 Å². The van der Waals surface area contributed by atoms with Crippen LogP contribution in [0.3, 0.4) is 0 Å². The molecule has 2 atom stereocenters. The number of likely N-dealkylation sites (tertiary alicyclic amines) is 1. The van der Waals surface area contributed by atoms with Crippen molar-refractivity contribution >= 4 is 34.3 Å². The minimum absolute atomic E-state index is 0.128. The number of carbonyl (C=O) groups excluding carboxylic acids is 2. The van der Waals surface area contributed by atoms with Crippen LogP contribution in [-0.2, 0) is 10.4 Å². The largest absolute Gasteiger partial charge is 0.396 e. The van der Waals surface area contributed by atoms with E-state index in [-0.39, 0.29) is 24.1 Å². The number of carbonyl (C=O) groups is 2. The number of anilines is 1. The van der Waals surface area contributed by atoms with Gasteiger partial charge < -0.3 is 26.2 Å². The van der Waals surface area contributed by atoms with Gasteiger partial charge in [-0.15, -0.1) is 0 Å². The van der Waals surface area contributed by atoms with Gasteiger partial charge in [0.25, 0.3) is 5.91 Å². The lowest BCUT2D eigenvalue weighted by Crippen LogP contribution is -2.39. The highest BCUT2D eigenvalue weighted by Gasteiger charge is 2.34. The van der Waals surface area contributed by atoms with Crippen LogP contribution in [0.2, 0.25) is 0 Å². The highest BCUT2D eigenvalue weighted by atomic mass is 32.2. The van der Waals surface area contributed by atoms with Gasteiger partial charge in [-0.3, -0.25) is 9.59 Å². The third-order valence-corrected chi connectivity index (χ3v) is 7.87. The van der Waals surface area contributed by atoms with Crippen LogP contribution < -0.4 is 11.1 Å². The van der Waals surface area contributed by atoms with Crippen LogP contribution >= 0.6 is 11.8 Å². The molecule has 36 heavy (non-hydrogen) atoms. The quantitative estimate of drug-likeness (QED) is 0.447. The maximum atomic E-state index is 14.9. The Hall–Kier alpha value is -2.95. The first-order chi connectivity index (χ1) is 17.1. The maximum Gasteiger partial charge on any atom is 0.272 e. The van der Waals surface area contributed by atoms with Gasteiger partial charge in [0.05, 0.1) is 16.9 Å². The van der Waals surface area contributed by atoms with Crippen LogP contribution in [0, 0.1) is 17.7 Å². The molecule has 1 fully saturated rings. The second-order valence-electron chi connectivity index (χ2n) is 9.72. The van der Waals surface area contributed by atoms with Gasteiger partial charge >= 0.3 is 0 Å². The van der Waals surface area contributed by atoms with Gasteiger partial charge in [-0.2, -0.15) is 0 Å². The summed E-state index contributed by atoms with van der Waals surface area (Å²) in [5.74, 6) is -1.36. The van der Waals surface area contributed by atoms with Crippen molar-refractivity contribution in [1.82, 2.24) is 9.88 Å². The first kappa shape index (κ1) is 26.1. The number of aliphatic hydroxyl groups excluding tert-OH is 1. The third-order valence-electron chi connectivity index (χ3n) is 6.60. The number of hydrogen-bond acceptors (Lipinski definition) is 7. The normalized spacial score (nSPS) is 20.8. The van der Waals surface area contributed by atoms with Gasteiger partial charge in [-0.05, 0) is 56.4 Å². The summed E-state index contributed by atoms with van der Waals surface area (Å²) in [7, 11) is 0. The summed E-state index contributed by atoms with van der Waals surface area (Å²) in [6.45, 7) is 4.42. The van der Waals surface area contributed by atoms with Crippen molar-refractivity contribution in [2.75, 3.05) is 25.0 Å². The average Bonchev–Trinajstić information content (AvgIpc) is 3.27. The fourth-order valence-electron chi connectivity index (χ4n) is 4.36. The molecule has 5 N–H and O–H groups in total. The number of piperidine rings is 1. The van der Waals surface area contributed by atoms with E-state index in [0.717, 1.165) is 12.8 Å². The summed E-state index contributed by atoms with van der Waals surface area (Å²) >= 11 is 1.26. The predicted molar refractivity (Wildman–Crippen MR) is 137 cm³/mol. The van der Waals surface area contributed by atoms with Gasteiger partial charge in [-0.25, -0.2) is 9.37 Å². The maximum absolute atomic E-state index is 14.9. The lowest BCUT2D eigenvalue weighted by atomic mass is 9.96. The number of aliphatic hydroxyl groups is 2. The lowest BCUT2D eigenvalue weighted by molar-refractivity contribution is -0.120. The van der Waals surface area contributed by atoms with E-state index < -0.39 is 28.6 Å². The van der Waals surface area contributed by atoms with Crippen molar-refractivity contribution in [3.63, 3.8) is 0 Å². The number of halogens is 1. The highest BCUT2D eigenvalue weighted by molar-refractivity contribution is 8.09. The number of amides is 2. The third kappa shape index (κ3) is 5.71. The van der Waals surface area contributed by atoms with Crippen molar-refractivity contribution in [1.29, 1.82) is 0 Å². The Morgan fingerprint density at radius 3 is 2.58 bits per heavy atom. The second-order valence-corrected chi connectivity index (χ2v) is 10.9. The second kappa shape index (κ2) is 10.6. The van der Waals surface area contributed by atoms with Crippen LogP contribution in [0.25, 0.3) is 4.91 Å². The lowest BCUT2D eigenvalue weighted by Gasteiger charge is -2.31. The minimum atomic E-state index is -1.18. The van der Waals surface area contributed by atoms with E-state index >= 15 is 0 Å². The van der Waals surface area contributed by atoms with E-state index in [1.807, 2.05) is 0 Å². The zero-order valence-electron chi connectivity index (χ0n) is 20.3. The number of aromatic nitrogens is 1. The Balaban J connectivity index is 1.49. The standard InChI is InChI=1S/C26H31FN4O4S/c1-26(2,35)16-6-7-17(19(27)12-16)21-13-18(23(28)33)24(36-21)30-22-5-3-4-20(29-22)25(34)31-10-8-15(14-32)9-11-31/h3-7,12-13,15,18,24,32,35H,8-11,14H2,1-2H3,(H2,28,33)(H,29,30). The van der Waals surface area contributed by atoms with Crippen LogP contribution in [-0.4, -0.2) is 57.0 Å². The molecule has 10 heteroatoms. The number of thioether (sulfide) groups is 1. The van der Waals surface area contributed by atoms with Gasteiger partial charge in [0.2, 0.25) is 5.91 Å². The molecule has 0 saturated carbocycles. The molecule has 0 bridgehead atoms. The molecule has 2 aliphatic heterocycles. The topological polar surface area (TPSA) is 129 Å². The molecule has 1 saturated heterocycles.